The fourth-order valence-electron chi connectivity index (χ4n) is 5.12. The van der Waals surface area contributed by atoms with Gasteiger partial charge in [-0.3, -0.25) is 4.79 Å². The van der Waals surface area contributed by atoms with Gasteiger partial charge in [-0.1, -0.05) is 0 Å². The Morgan fingerprint density at radius 1 is 1.22 bits per heavy atom. The minimum absolute atomic E-state index is 0.0534. The van der Waals surface area contributed by atoms with Gasteiger partial charge < -0.3 is 24.3 Å². The van der Waals surface area contributed by atoms with Crippen molar-refractivity contribution in [3.63, 3.8) is 0 Å². The van der Waals surface area contributed by atoms with Crippen molar-refractivity contribution < 1.29 is 23.5 Å². The minimum atomic E-state index is -0.627. The number of halogens is 1. The number of benzene rings is 1. The average Bonchev–Trinajstić information content (AvgIpc) is 3.48. The first-order chi connectivity index (χ1) is 16.9. The smallest absolute Gasteiger partial charge is 0.407 e. The first-order valence-electron chi connectivity index (χ1n) is 12.7. The predicted octanol–water partition coefficient (Wildman–Crippen LogP) is 4.70. The van der Waals surface area contributed by atoms with Crippen molar-refractivity contribution in [3.8, 4) is 0 Å². The van der Waals surface area contributed by atoms with Crippen molar-refractivity contribution in [1.82, 2.24) is 9.88 Å². The summed E-state index contributed by atoms with van der Waals surface area (Å²) in [6.07, 6.45) is 2.05. The van der Waals surface area contributed by atoms with Gasteiger partial charge in [-0.05, 0) is 78.4 Å². The quantitative estimate of drug-likeness (QED) is 0.577. The van der Waals surface area contributed by atoms with E-state index in [0.29, 0.717) is 35.2 Å². The first kappa shape index (κ1) is 26.0. The number of fused-ring (bicyclic) bond motifs is 1. The highest BCUT2D eigenvalue weighted by Gasteiger charge is 2.34. The van der Waals surface area contributed by atoms with E-state index in [1.54, 1.807) is 11.5 Å². The van der Waals surface area contributed by atoms with Crippen LogP contribution in [-0.2, 0) is 9.47 Å². The average molecular weight is 502 g/mol. The highest BCUT2D eigenvalue weighted by atomic mass is 19.1. The van der Waals surface area contributed by atoms with Crippen LogP contribution in [0.3, 0.4) is 0 Å². The second-order valence-corrected chi connectivity index (χ2v) is 10.9. The largest absolute Gasteiger partial charge is 0.462 e. The SMILES string of the molecule is CCOC(=O)c1cc(=O)n(C2CC2)c2c(C)c(N3CC[C@@H]([C@H](C)NC(=O)OC(C)(C)C)C3)c(F)cc12. The van der Waals surface area contributed by atoms with Crippen LogP contribution in [-0.4, -0.2) is 48.0 Å². The van der Waals surface area contributed by atoms with Crippen LogP contribution < -0.4 is 15.8 Å². The van der Waals surface area contributed by atoms with E-state index >= 15 is 4.39 Å². The van der Waals surface area contributed by atoms with E-state index in [0.717, 1.165) is 19.3 Å². The summed E-state index contributed by atoms with van der Waals surface area (Å²) in [7, 11) is 0. The Morgan fingerprint density at radius 2 is 1.92 bits per heavy atom. The molecule has 0 radical (unpaired) electrons. The molecule has 2 aliphatic rings. The van der Waals surface area contributed by atoms with Crippen molar-refractivity contribution in [2.24, 2.45) is 5.92 Å². The number of esters is 1. The Bertz CT molecular complexity index is 1240. The molecule has 0 unspecified atom stereocenters. The van der Waals surface area contributed by atoms with Gasteiger partial charge in [0.1, 0.15) is 11.4 Å². The van der Waals surface area contributed by atoms with Gasteiger partial charge in [0, 0.05) is 36.6 Å². The number of anilines is 1. The molecule has 0 bridgehead atoms. The molecule has 1 N–H and O–H groups in total. The number of hydrogen-bond acceptors (Lipinski definition) is 6. The molecule has 1 aromatic carbocycles. The van der Waals surface area contributed by atoms with Crippen molar-refractivity contribution >= 4 is 28.7 Å². The molecule has 2 fully saturated rings. The highest BCUT2D eigenvalue weighted by molar-refractivity contribution is 6.05. The normalized spacial score (nSPS) is 18.9. The lowest BCUT2D eigenvalue weighted by molar-refractivity contribution is 0.0491. The van der Waals surface area contributed by atoms with Crippen LogP contribution >= 0.6 is 0 Å². The fraction of sp³-hybridized carbons (Fsp3) is 0.593. The summed E-state index contributed by atoms with van der Waals surface area (Å²) in [6.45, 7) is 12.2. The Balaban J connectivity index is 1.68. The Kier molecular flexibility index (Phi) is 7.03. The molecular weight excluding hydrogens is 465 g/mol. The number of nitrogens with zero attached hydrogens (tertiary/aromatic N) is 2. The molecule has 1 aromatic heterocycles. The summed E-state index contributed by atoms with van der Waals surface area (Å²) >= 11 is 0. The van der Waals surface area contributed by atoms with Crippen LogP contribution in [0.15, 0.2) is 16.9 Å². The van der Waals surface area contributed by atoms with E-state index in [2.05, 4.69) is 5.32 Å². The maximum atomic E-state index is 15.7. The number of alkyl carbamates (subject to hydrolysis) is 1. The maximum absolute atomic E-state index is 15.7. The molecule has 1 saturated heterocycles. The number of nitrogens with one attached hydrogen (secondary N) is 1. The number of carbonyl (C=O) groups excluding carboxylic acids is 2. The number of aromatic nitrogens is 1. The monoisotopic (exact) mass is 501 g/mol. The topological polar surface area (TPSA) is 89.9 Å². The van der Waals surface area contributed by atoms with E-state index in [4.69, 9.17) is 9.47 Å². The van der Waals surface area contributed by atoms with Gasteiger partial charge in [0.2, 0.25) is 0 Å². The van der Waals surface area contributed by atoms with Gasteiger partial charge in [0.05, 0.1) is 23.4 Å². The van der Waals surface area contributed by atoms with Gasteiger partial charge in [0.15, 0.2) is 0 Å². The molecule has 4 rings (SSSR count). The number of aryl methyl sites for hydroxylation is 1. The molecule has 196 valence electrons. The molecule has 2 atom stereocenters. The summed E-state index contributed by atoms with van der Waals surface area (Å²) in [5.41, 5.74) is 0.891. The van der Waals surface area contributed by atoms with Crippen molar-refractivity contribution in [2.75, 3.05) is 24.6 Å². The molecule has 1 amide bonds. The number of carbonyl (C=O) groups is 2. The molecule has 1 saturated carbocycles. The van der Waals surface area contributed by atoms with Gasteiger partial charge in [-0.25, -0.2) is 14.0 Å². The maximum Gasteiger partial charge on any atom is 0.407 e. The van der Waals surface area contributed by atoms with Gasteiger partial charge in [-0.15, -0.1) is 0 Å². The zero-order valence-corrected chi connectivity index (χ0v) is 21.9. The molecule has 1 aliphatic carbocycles. The van der Waals surface area contributed by atoms with E-state index in [1.165, 1.54) is 12.1 Å². The van der Waals surface area contributed by atoms with E-state index in [-0.39, 0.29) is 35.7 Å². The standard InChI is InChI=1S/C27H36FN3O5/c1-7-35-25(33)20-13-22(32)31(18-8-9-18)23-15(2)24(21(28)12-19(20)23)30-11-10-17(14-30)16(3)29-26(34)36-27(4,5)6/h12-13,16-18H,7-11,14H2,1-6H3,(H,29,34)/t16-,17+/m0/s1. The summed E-state index contributed by atoms with van der Waals surface area (Å²) in [6, 6.07) is 2.52. The number of hydrogen-bond donors (Lipinski definition) is 1. The van der Waals surface area contributed by atoms with Gasteiger partial charge in [0.25, 0.3) is 5.56 Å². The molecular formula is C27H36FN3O5. The van der Waals surface area contributed by atoms with Crippen molar-refractivity contribution in [1.29, 1.82) is 0 Å². The lowest BCUT2D eigenvalue weighted by Gasteiger charge is -2.27. The summed E-state index contributed by atoms with van der Waals surface area (Å²) in [5, 5.41) is 3.30. The van der Waals surface area contributed by atoms with Crippen LogP contribution in [0.4, 0.5) is 14.9 Å². The molecule has 8 nitrogen and oxygen atoms in total. The Morgan fingerprint density at radius 3 is 2.53 bits per heavy atom. The molecule has 0 spiro atoms. The van der Waals surface area contributed by atoms with Crippen molar-refractivity contribution in [2.45, 2.75) is 78.5 Å². The Hall–Kier alpha value is -3.10. The summed E-state index contributed by atoms with van der Waals surface area (Å²) in [4.78, 5) is 39.9. The Labute approximate surface area is 210 Å². The lowest BCUT2D eigenvalue weighted by Crippen LogP contribution is -2.42. The molecule has 2 aromatic rings. The van der Waals surface area contributed by atoms with Gasteiger partial charge in [-0.2, -0.15) is 0 Å². The third-order valence-electron chi connectivity index (χ3n) is 6.90. The third kappa shape index (κ3) is 5.20. The van der Waals surface area contributed by atoms with Gasteiger partial charge >= 0.3 is 12.1 Å². The second-order valence-electron chi connectivity index (χ2n) is 10.9. The third-order valence-corrected chi connectivity index (χ3v) is 6.90. The highest BCUT2D eigenvalue weighted by Crippen LogP contribution is 2.41. The van der Waals surface area contributed by atoms with Crippen molar-refractivity contribution in [3.05, 3.63) is 39.4 Å². The van der Waals surface area contributed by atoms with Crippen LogP contribution in [0, 0.1) is 18.7 Å². The summed E-state index contributed by atoms with van der Waals surface area (Å²) in [5.74, 6) is -0.971. The van der Waals surface area contributed by atoms with Crippen LogP contribution in [0.5, 0.6) is 0 Å². The first-order valence-corrected chi connectivity index (χ1v) is 12.7. The fourth-order valence-corrected chi connectivity index (χ4v) is 5.12. The van der Waals surface area contributed by atoms with Crippen LogP contribution in [0.25, 0.3) is 10.9 Å². The number of pyridine rings is 1. The molecule has 1 aliphatic heterocycles. The van der Waals surface area contributed by atoms with Crippen LogP contribution in [0.1, 0.15) is 75.8 Å². The zero-order valence-electron chi connectivity index (χ0n) is 21.9. The molecule has 2 heterocycles. The zero-order chi connectivity index (χ0) is 26.4. The summed E-state index contributed by atoms with van der Waals surface area (Å²) < 4.78 is 27.9. The lowest BCUT2D eigenvalue weighted by atomic mass is 10.0. The van der Waals surface area contributed by atoms with E-state index < -0.39 is 23.5 Å². The molecule has 36 heavy (non-hydrogen) atoms. The number of amides is 1. The molecule has 9 heteroatoms. The predicted molar refractivity (Wildman–Crippen MR) is 136 cm³/mol. The minimum Gasteiger partial charge on any atom is -0.462 e. The van der Waals surface area contributed by atoms with E-state index in [9.17, 15) is 14.4 Å². The van der Waals surface area contributed by atoms with E-state index in [1.807, 2.05) is 39.5 Å². The second kappa shape index (κ2) is 9.75. The van der Waals surface area contributed by atoms with Crippen LogP contribution in [0.2, 0.25) is 0 Å². The number of ether oxygens (including phenoxy) is 2. The number of rotatable bonds is 6.